The van der Waals surface area contributed by atoms with Crippen LogP contribution in [0.3, 0.4) is 0 Å². The van der Waals surface area contributed by atoms with Crippen LogP contribution in [0.5, 0.6) is 0 Å². The Morgan fingerprint density at radius 2 is 1.26 bits per heavy atom. The van der Waals surface area contributed by atoms with Crippen molar-refractivity contribution in [3.63, 3.8) is 0 Å². The summed E-state index contributed by atoms with van der Waals surface area (Å²) in [4.78, 5) is 0. The van der Waals surface area contributed by atoms with Crippen LogP contribution < -0.4 is 0 Å². The van der Waals surface area contributed by atoms with Crippen LogP contribution in [0.15, 0.2) is 91.0 Å². The van der Waals surface area contributed by atoms with E-state index in [1.165, 1.54) is 38.5 Å². The molecule has 0 saturated carbocycles. The number of hydrogen-bond donors (Lipinski definition) is 1. The summed E-state index contributed by atoms with van der Waals surface area (Å²) in [5, 5.41) is 24.9. The third-order valence-electron chi connectivity index (χ3n) is 6.13. The Balaban J connectivity index is 1.93. The van der Waals surface area contributed by atoms with E-state index in [0.29, 0.717) is 11.1 Å². The van der Waals surface area contributed by atoms with Crippen LogP contribution in [-0.4, -0.2) is 10.8 Å². The lowest BCUT2D eigenvalue weighted by Crippen LogP contribution is -2.00. The highest BCUT2D eigenvalue weighted by Crippen LogP contribution is 2.40. The van der Waals surface area contributed by atoms with Gasteiger partial charge in [0.15, 0.2) is 0 Å². The molecule has 31 heavy (non-hydrogen) atoms. The number of rotatable bonds is 2. The van der Waals surface area contributed by atoms with E-state index in [2.05, 4.69) is 83.4 Å². The van der Waals surface area contributed by atoms with E-state index in [1.54, 1.807) is 0 Å². The first-order valence-electron chi connectivity index (χ1n) is 10.2. The van der Waals surface area contributed by atoms with Crippen molar-refractivity contribution in [2.45, 2.75) is 0 Å². The van der Waals surface area contributed by atoms with Gasteiger partial charge in [0.2, 0.25) is 0 Å². The fourth-order valence-electron chi connectivity index (χ4n) is 4.79. The van der Waals surface area contributed by atoms with Gasteiger partial charge >= 0.3 is 0 Å². The average Bonchev–Trinajstić information content (AvgIpc) is 3.18. The maximum absolute atomic E-state index is 9.95. The summed E-state index contributed by atoms with van der Waals surface area (Å²) in [6, 6.07) is 33.5. The second-order valence-corrected chi connectivity index (χ2v) is 7.69. The second kappa shape index (κ2) is 6.55. The molecular formula is C28H17N3. The molecule has 0 fully saturated rings. The summed E-state index contributed by atoms with van der Waals surface area (Å²) >= 11 is 0. The van der Waals surface area contributed by atoms with E-state index in [1.807, 2.05) is 18.2 Å². The number of nitrogens with one attached hydrogen (secondary N) is 1. The Hall–Kier alpha value is -4.42. The topological polar surface area (TPSA) is 52.6 Å². The van der Waals surface area contributed by atoms with Gasteiger partial charge in [-0.05, 0) is 39.7 Å². The van der Waals surface area contributed by atoms with Crippen LogP contribution in [-0.2, 0) is 0 Å². The van der Waals surface area contributed by atoms with Crippen LogP contribution in [0.1, 0.15) is 11.1 Å². The largest absolute Gasteiger partial charge is 0.308 e. The van der Waals surface area contributed by atoms with Crippen molar-refractivity contribution < 1.29 is 0 Å². The van der Waals surface area contributed by atoms with Crippen molar-refractivity contribution in [1.82, 2.24) is 4.57 Å². The summed E-state index contributed by atoms with van der Waals surface area (Å²) in [6.45, 7) is 0. The van der Waals surface area contributed by atoms with Gasteiger partial charge in [0.25, 0.3) is 0 Å². The Bertz CT molecular complexity index is 1620. The molecule has 0 atom stereocenters. The first-order chi connectivity index (χ1) is 15.3. The van der Waals surface area contributed by atoms with Crippen LogP contribution in [0.2, 0.25) is 0 Å². The number of hydrogen-bond acceptors (Lipinski definition) is 2. The Morgan fingerprint density at radius 3 is 1.81 bits per heavy atom. The lowest BCUT2D eigenvalue weighted by Gasteiger charge is -2.12. The maximum Gasteiger partial charge on any atom is 0.102 e. The molecule has 6 rings (SSSR count). The van der Waals surface area contributed by atoms with Crippen molar-refractivity contribution in [3.8, 4) is 11.8 Å². The fourth-order valence-corrected chi connectivity index (χ4v) is 4.79. The van der Waals surface area contributed by atoms with Gasteiger partial charge in [0.1, 0.15) is 6.07 Å². The number of aromatic nitrogens is 1. The van der Waals surface area contributed by atoms with Gasteiger partial charge < -0.3 is 9.98 Å². The minimum absolute atomic E-state index is 0.512. The molecule has 0 amide bonds. The summed E-state index contributed by atoms with van der Waals surface area (Å²) in [5.74, 6) is 0. The van der Waals surface area contributed by atoms with Gasteiger partial charge in [-0.2, -0.15) is 5.26 Å². The molecule has 144 valence electrons. The van der Waals surface area contributed by atoms with Gasteiger partial charge in [-0.25, -0.2) is 0 Å². The van der Waals surface area contributed by atoms with Crippen molar-refractivity contribution >= 4 is 49.6 Å². The molecule has 0 spiro atoms. The summed E-state index contributed by atoms with van der Waals surface area (Å²) in [6.07, 6.45) is 1.25. The van der Waals surface area contributed by atoms with E-state index < -0.39 is 0 Å². The zero-order valence-corrected chi connectivity index (χ0v) is 16.6. The third kappa shape index (κ3) is 2.36. The highest BCUT2D eigenvalue weighted by atomic mass is 15.0. The summed E-state index contributed by atoms with van der Waals surface area (Å²) in [7, 11) is 0. The predicted molar refractivity (Wildman–Crippen MR) is 128 cm³/mol. The quantitative estimate of drug-likeness (QED) is 0.317. The molecule has 0 saturated heterocycles. The molecule has 0 aliphatic carbocycles. The van der Waals surface area contributed by atoms with Crippen LogP contribution in [0.25, 0.3) is 49.0 Å². The molecule has 0 radical (unpaired) electrons. The van der Waals surface area contributed by atoms with Crippen molar-refractivity contribution in [2.24, 2.45) is 0 Å². The minimum Gasteiger partial charge on any atom is -0.308 e. The van der Waals surface area contributed by atoms with E-state index in [9.17, 15) is 5.26 Å². The maximum atomic E-state index is 9.95. The number of fused-ring (bicyclic) bond motifs is 7. The molecule has 3 heteroatoms. The molecule has 0 unspecified atom stereocenters. The zero-order valence-electron chi connectivity index (χ0n) is 16.6. The predicted octanol–water partition coefficient (Wildman–Crippen LogP) is 6.96. The fraction of sp³-hybridized carbons (Fsp3) is 0. The molecular weight excluding hydrogens is 378 g/mol. The summed E-state index contributed by atoms with van der Waals surface area (Å²) in [5.41, 5.74) is 4.05. The molecule has 0 aliphatic rings. The van der Waals surface area contributed by atoms with Crippen molar-refractivity contribution in [2.75, 3.05) is 0 Å². The number of nitriles is 1. The molecule has 0 bridgehead atoms. The van der Waals surface area contributed by atoms with Crippen LogP contribution in [0, 0.1) is 16.7 Å². The molecule has 5 aromatic carbocycles. The monoisotopic (exact) mass is 395 g/mol. The van der Waals surface area contributed by atoms with Gasteiger partial charge in [0, 0.05) is 22.6 Å². The molecule has 1 heterocycles. The highest BCUT2D eigenvalue weighted by Gasteiger charge is 2.19. The van der Waals surface area contributed by atoms with Crippen molar-refractivity contribution in [1.29, 1.82) is 10.7 Å². The Morgan fingerprint density at radius 1 is 0.677 bits per heavy atom. The van der Waals surface area contributed by atoms with Crippen LogP contribution in [0.4, 0.5) is 0 Å². The zero-order chi connectivity index (χ0) is 20.9. The second-order valence-electron chi connectivity index (χ2n) is 7.69. The molecule has 3 nitrogen and oxygen atoms in total. The standard InChI is InChI=1S/C28H17N3/c29-16-20-8-5-11-24(23(20)17-30)31-25-14-12-18-6-1-3-9-21(18)27(25)28-22-10-4-2-7-19(22)13-15-26(28)31/h1-16,29H. The Kier molecular flexibility index (Phi) is 3.68. The summed E-state index contributed by atoms with van der Waals surface area (Å²) < 4.78 is 2.18. The first kappa shape index (κ1) is 17.4. The van der Waals surface area contributed by atoms with Crippen molar-refractivity contribution in [3.05, 3.63) is 102 Å². The van der Waals surface area contributed by atoms with E-state index in [0.717, 1.165) is 16.7 Å². The van der Waals surface area contributed by atoms with Gasteiger partial charge in [-0.15, -0.1) is 0 Å². The molecule has 1 aromatic heterocycles. The SMILES string of the molecule is N#Cc1c(C=N)cccc1-n1c2ccc3ccccc3c2c2c3ccccc3ccc21. The normalized spacial score (nSPS) is 11.3. The van der Waals surface area contributed by atoms with Gasteiger partial charge in [-0.3, -0.25) is 0 Å². The number of benzene rings is 5. The first-order valence-corrected chi connectivity index (χ1v) is 10.2. The molecule has 6 aromatic rings. The molecule has 1 N–H and O–H groups in total. The minimum atomic E-state index is 0.512. The van der Waals surface area contributed by atoms with E-state index in [-0.39, 0.29) is 0 Å². The van der Waals surface area contributed by atoms with Gasteiger partial charge in [0.05, 0.1) is 22.3 Å². The van der Waals surface area contributed by atoms with E-state index >= 15 is 0 Å². The third-order valence-corrected chi connectivity index (χ3v) is 6.13. The number of nitrogens with zero attached hydrogens (tertiary/aromatic N) is 2. The Labute approximate surface area is 178 Å². The average molecular weight is 395 g/mol. The lowest BCUT2D eigenvalue weighted by atomic mass is 10.00. The smallest absolute Gasteiger partial charge is 0.102 e. The lowest BCUT2D eigenvalue weighted by molar-refractivity contribution is 1.17. The van der Waals surface area contributed by atoms with Gasteiger partial charge in [-0.1, -0.05) is 72.8 Å². The van der Waals surface area contributed by atoms with Crippen LogP contribution >= 0.6 is 0 Å². The van der Waals surface area contributed by atoms with E-state index in [4.69, 9.17) is 5.41 Å². The highest BCUT2D eigenvalue weighted by molar-refractivity contribution is 6.28. The molecule has 0 aliphatic heterocycles.